The summed E-state index contributed by atoms with van der Waals surface area (Å²) in [5, 5.41) is 10.4. The number of nitrogens with one attached hydrogen (secondary N) is 2. The molecule has 0 amide bonds. The van der Waals surface area contributed by atoms with Gasteiger partial charge in [0.25, 0.3) is 0 Å². The number of nitrogens with zero attached hydrogens (tertiary/aromatic N) is 3. The average Bonchev–Trinajstić information content (AvgIpc) is 2.66. The molecule has 19 heavy (non-hydrogen) atoms. The van der Waals surface area contributed by atoms with Gasteiger partial charge in [0.1, 0.15) is 23.2 Å². The highest BCUT2D eigenvalue weighted by Crippen LogP contribution is 2.16. The predicted octanol–water partition coefficient (Wildman–Crippen LogP) is 2.43. The zero-order valence-corrected chi connectivity index (χ0v) is 11.7. The second kappa shape index (κ2) is 5.69. The summed E-state index contributed by atoms with van der Waals surface area (Å²) in [7, 11) is 0. The number of hydrogen-bond donors (Lipinski definition) is 2. The molecule has 0 radical (unpaired) electrons. The number of aromatic nitrogens is 3. The van der Waals surface area contributed by atoms with E-state index in [9.17, 15) is 0 Å². The van der Waals surface area contributed by atoms with E-state index in [1.54, 1.807) is 0 Å². The van der Waals surface area contributed by atoms with Crippen LogP contribution in [0.15, 0.2) is 10.6 Å². The van der Waals surface area contributed by atoms with Crippen LogP contribution in [-0.4, -0.2) is 21.7 Å². The highest BCUT2D eigenvalue weighted by Gasteiger charge is 2.09. The highest BCUT2D eigenvalue weighted by atomic mass is 16.5. The molecule has 0 aliphatic heterocycles. The van der Waals surface area contributed by atoms with E-state index in [2.05, 4.69) is 25.8 Å². The smallest absolute Gasteiger partial charge is 0.138 e. The zero-order chi connectivity index (χ0) is 13.8. The van der Waals surface area contributed by atoms with Crippen molar-refractivity contribution >= 4 is 11.6 Å². The van der Waals surface area contributed by atoms with Gasteiger partial charge in [-0.05, 0) is 27.7 Å². The standard InChI is InChI=1S/C13H19N5O/c1-5-14-12-6-13(17-10(4)16-12)15-7-11-8(2)18-19-9(11)3/h6H,5,7H2,1-4H3,(H2,14,15,16,17). The fraction of sp³-hybridized carbons (Fsp3) is 0.462. The molecule has 0 unspecified atom stereocenters. The van der Waals surface area contributed by atoms with E-state index < -0.39 is 0 Å². The third-order valence-electron chi connectivity index (χ3n) is 2.82. The van der Waals surface area contributed by atoms with E-state index in [1.807, 2.05) is 33.8 Å². The van der Waals surface area contributed by atoms with Crippen molar-refractivity contribution in [2.75, 3.05) is 17.2 Å². The zero-order valence-electron chi connectivity index (χ0n) is 11.7. The first-order chi connectivity index (χ1) is 9.10. The Morgan fingerprint density at radius 3 is 2.37 bits per heavy atom. The molecule has 2 aromatic rings. The number of aryl methyl sites for hydroxylation is 3. The van der Waals surface area contributed by atoms with E-state index >= 15 is 0 Å². The minimum atomic E-state index is 0.642. The fourth-order valence-corrected chi connectivity index (χ4v) is 1.86. The Bertz CT molecular complexity index is 545. The quantitative estimate of drug-likeness (QED) is 0.861. The summed E-state index contributed by atoms with van der Waals surface area (Å²) >= 11 is 0. The molecule has 102 valence electrons. The molecule has 0 aliphatic rings. The van der Waals surface area contributed by atoms with Crippen LogP contribution in [0.25, 0.3) is 0 Å². The molecule has 2 aromatic heterocycles. The second-order valence-electron chi connectivity index (χ2n) is 4.37. The molecule has 0 saturated carbocycles. The van der Waals surface area contributed by atoms with Crippen molar-refractivity contribution in [3.63, 3.8) is 0 Å². The number of hydrogen-bond acceptors (Lipinski definition) is 6. The molecular formula is C13H19N5O. The van der Waals surface area contributed by atoms with Crippen LogP contribution in [0.5, 0.6) is 0 Å². The maximum atomic E-state index is 5.13. The third kappa shape index (κ3) is 3.21. The van der Waals surface area contributed by atoms with Gasteiger partial charge in [0.2, 0.25) is 0 Å². The van der Waals surface area contributed by atoms with Crippen molar-refractivity contribution in [3.8, 4) is 0 Å². The normalized spacial score (nSPS) is 10.5. The molecule has 0 fully saturated rings. The topological polar surface area (TPSA) is 75.9 Å². The molecule has 0 spiro atoms. The lowest BCUT2D eigenvalue weighted by Gasteiger charge is -2.09. The predicted molar refractivity (Wildman–Crippen MR) is 74.2 cm³/mol. The van der Waals surface area contributed by atoms with E-state index in [4.69, 9.17) is 4.52 Å². The Morgan fingerprint density at radius 1 is 1.11 bits per heavy atom. The summed E-state index contributed by atoms with van der Waals surface area (Å²) in [6, 6.07) is 1.90. The van der Waals surface area contributed by atoms with Gasteiger partial charge >= 0.3 is 0 Å². The van der Waals surface area contributed by atoms with Gasteiger partial charge in [-0.15, -0.1) is 0 Å². The molecule has 6 heteroatoms. The van der Waals surface area contributed by atoms with Gasteiger partial charge in [0.15, 0.2) is 0 Å². The number of anilines is 2. The van der Waals surface area contributed by atoms with Crippen molar-refractivity contribution in [2.45, 2.75) is 34.2 Å². The first kappa shape index (κ1) is 13.3. The molecule has 0 atom stereocenters. The molecule has 2 N–H and O–H groups in total. The van der Waals surface area contributed by atoms with Gasteiger partial charge in [0, 0.05) is 24.7 Å². The summed E-state index contributed by atoms with van der Waals surface area (Å²) in [5.74, 6) is 3.20. The second-order valence-corrected chi connectivity index (χ2v) is 4.37. The maximum Gasteiger partial charge on any atom is 0.138 e. The minimum Gasteiger partial charge on any atom is -0.370 e. The van der Waals surface area contributed by atoms with Crippen LogP contribution in [0.4, 0.5) is 11.6 Å². The van der Waals surface area contributed by atoms with Gasteiger partial charge in [0.05, 0.1) is 5.69 Å². The third-order valence-corrected chi connectivity index (χ3v) is 2.82. The van der Waals surface area contributed by atoms with Gasteiger partial charge in [-0.25, -0.2) is 9.97 Å². The van der Waals surface area contributed by atoms with Gasteiger partial charge < -0.3 is 15.2 Å². The van der Waals surface area contributed by atoms with Crippen LogP contribution in [-0.2, 0) is 6.54 Å². The Labute approximate surface area is 112 Å². The summed E-state index contributed by atoms with van der Waals surface area (Å²) < 4.78 is 5.13. The van der Waals surface area contributed by atoms with Crippen molar-refractivity contribution < 1.29 is 4.52 Å². The Balaban J connectivity index is 2.11. The SMILES string of the molecule is CCNc1cc(NCc2c(C)noc2C)nc(C)n1. The highest BCUT2D eigenvalue weighted by molar-refractivity contribution is 5.48. The van der Waals surface area contributed by atoms with Crippen LogP contribution >= 0.6 is 0 Å². The minimum absolute atomic E-state index is 0.642. The summed E-state index contributed by atoms with van der Waals surface area (Å²) in [6.07, 6.45) is 0. The van der Waals surface area contributed by atoms with E-state index in [-0.39, 0.29) is 0 Å². The molecule has 2 heterocycles. The summed E-state index contributed by atoms with van der Waals surface area (Å²) in [4.78, 5) is 8.67. The van der Waals surface area contributed by atoms with Crippen LogP contribution in [0.3, 0.4) is 0 Å². The van der Waals surface area contributed by atoms with Crippen molar-refractivity contribution in [1.29, 1.82) is 0 Å². The van der Waals surface area contributed by atoms with Gasteiger partial charge in [-0.1, -0.05) is 5.16 Å². The molecule has 0 bridgehead atoms. The summed E-state index contributed by atoms with van der Waals surface area (Å²) in [6.45, 7) is 9.23. The van der Waals surface area contributed by atoms with E-state index in [0.29, 0.717) is 6.54 Å². The van der Waals surface area contributed by atoms with Crippen LogP contribution in [0.1, 0.15) is 29.8 Å². The van der Waals surface area contributed by atoms with E-state index in [1.165, 1.54) is 0 Å². The lowest BCUT2D eigenvalue weighted by atomic mass is 10.2. The van der Waals surface area contributed by atoms with Crippen LogP contribution < -0.4 is 10.6 Å². The first-order valence-corrected chi connectivity index (χ1v) is 6.35. The van der Waals surface area contributed by atoms with Crippen LogP contribution in [0.2, 0.25) is 0 Å². The average molecular weight is 261 g/mol. The maximum absolute atomic E-state index is 5.13. The van der Waals surface area contributed by atoms with Gasteiger partial charge in [-0.2, -0.15) is 0 Å². The molecule has 0 saturated heterocycles. The largest absolute Gasteiger partial charge is 0.370 e. The van der Waals surface area contributed by atoms with Gasteiger partial charge in [-0.3, -0.25) is 0 Å². The first-order valence-electron chi connectivity index (χ1n) is 6.35. The summed E-state index contributed by atoms with van der Waals surface area (Å²) in [5.41, 5.74) is 1.98. The monoisotopic (exact) mass is 261 g/mol. The van der Waals surface area contributed by atoms with Crippen LogP contribution in [0, 0.1) is 20.8 Å². The van der Waals surface area contributed by atoms with Crippen molar-refractivity contribution in [3.05, 3.63) is 28.9 Å². The number of rotatable bonds is 5. The van der Waals surface area contributed by atoms with Crippen molar-refractivity contribution in [1.82, 2.24) is 15.1 Å². The molecule has 2 rings (SSSR count). The molecular weight excluding hydrogens is 242 g/mol. The Morgan fingerprint density at radius 2 is 1.79 bits per heavy atom. The fourth-order valence-electron chi connectivity index (χ4n) is 1.86. The Hall–Kier alpha value is -2.11. The molecule has 0 aliphatic carbocycles. The lowest BCUT2D eigenvalue weighted by molar-refractivity contribution is 0.392. The van der Waals surface area contributed by atoms with Crippen molar-refractivity contribution in [2.24, 2.45) is 0 Å². The molecule has 0 aromatic carbocycles. The van der Waals surface area contributed by atoms with E-state index in [0.717, 1.165) is 41.0 Å². The lowest BCUT2D eigenvalue weighted by Crippen LogP contribution is -2.07. The molecule has 6 nitrogen and oxygen atoms in total. The Kier molecular flexibility index (Phi) is 3.99.